The number of carbonyl (C=O) groups excluding carboxylic acids is 1. The van der Waals surface area contributed by atoms with E-state index in [1.165, 1.54) is 11.3 Å². The van der Waals surface area contributed by atoms with Crippen molar-refractivity contribution in [2.24, 2.45) is 0 Å². The van der Waals surface area contributed by atoms with Crippen LogP contribution in [-0.2, 0) is 6.42 Å². The highest BCUT2D eigenvalue weighted by atomic mass is 32.1. The molecule has 35 heavy (non-hydrogen) atoms. The van der Waals surface area contributed by atoms with Crippen LogP contribution in [-0.4, -0.2) is 68.2 Å². The summed E-state index contributed by atoms with van der Waals surface area (Å²) in [4.78, 5) is 21.4. The quantitative estimate of drug-likeness (QED) is 0.310. The number of thiazole rings is 1. The van der Waals surface area contributed by atoms with E-state index in [0.717, 1.165) is 60.0 Å². The van der Waals surface area contributed by atoms with Crippen molar-refractivity contribution in [2.75, 3.05) is 51.8 Å². The maximum Gasteiger partial charge on any atom is 0.162 e. The van der Waals surface area contributed by atoms with Crippen LogP contribution in [0, 0.1) is 0 Å². The van der Waals surface area contributed by atoms with Crippen molar-refractivity contribution >= 4 is 23.3 Å². The summed E-state index contributed by atoms with van der Waals surface area (Å²) < 4.78 is 11.6. The molecule has 0 spiro atoms. The molecule has 1 aromatic heterocycles. The Labute approximate surface area is 211 Å². The highest BCUT2D eigenvalue weighted by molar-refractivity contribution is 7.16. The first kappa shape index (κ1) is 26.5. The maximum atomic E-state index is 11.6. The fourth-order valence-electron chi connectivity index (χ4n) is 3.81. The van der Waals surface area contributed by atoms with E-state index in [1.54, 1.807) is 31.4 Å². The van der Waals surface area contributed by atoms with E-state index in [0.29, 0.717) is 30.2 Å². The lowest BCUT2D eigenvalue weighted by Crippen LogP contribution is -2.29. The Morgan fingerprint density at radius 2 is 1.83 bits per heavy atom. The van der Waals surface area contributed by atoms with Crippen LogP contribution >= 0.6 is 11.3 Å². The van der Waals surface area contributed by atoms with Crippen LogP contribution in [0.5, 0.6) is 17.2 Å². The minimum Gasteiger partial charge on any atom is -0.508 e. The van der Waals surface area contributed by atoms with Crippen LogP contribution in [0.25, 0.3) is 10.6 Å². The van der Waals surface area contributed by atoms with E-state index in [2.05, 4.69) is 23.6 Å². The number of phenols is 1. The highest BCUT2D eigenvalue weighted by Gasteiger charge is 2.14. The molecule has 7 nitrogen and oxygen atoms in total. The molecule has 0 fully saturated rings. The third-order valence-corrected chi connectivity index (χ3v) is 6.95. The molecule has 0 aliphatic rings. The molecule has 3 aromatic rings. The van der Waals surface area contributed by atoms with Gasteiger partial charge in [-0.1, -0.05) is 13.8 Å². The second-order valence-corrected chi connectivity index (χ2v) is 9.31. The van der Waals surface area contributed by atoms with Gasteiger partial charge in [0.25, 0.3) is 0 Å². The van der Waals surface area contributed by atoms with Gasteiger partial charge in [0, 0.05) is 43.9 Å². The second-order valence-electron chi connectivity index (χ2n) is 8.28. The molecule has 0 amide bonds. The Bertz CT molecular complexity index is 1080. The second kappa shape index (κ2) is 13.1. The van der Waals surface area contributed by atoms with Gasteiger partial charge in [-0.3, -0.25) is 4.79 Å². The molecule has 1 N–H and O–H groups in total. The number of nitrogens with zero attached hydrogens (tertiary/aromatic N) is 3. The predicted molar refractivity (Wildman–Crippen MR) is 142 cm³/mol. The first-order chi connectivity index (χ1) is 17.0. The minimum absolute atomic E-state index is 0.203. The number of phenolic OH excluding ortho intramolecular Hbond substituents is 1. The summed E-state index contributed by atoms with van der Waals surface area (Å²) in [5, 5.41) is 10.3. The molecule has 0 aliphatic carbocycles. The molecule has 0 atom stereocenters. The normalized spacial score (nSPS) is 11.0. The molecule has 188 valence electrons. The molecule has 8 heteroatoms. The van der Waals surface area contributed by atoms with E-state index < -0.39 is 0 Å². The summed E-state index contributed by atoms with van der Waals surface area (Å²) in [6.07, 6.45) is 2.63. The van der Waals surface area contributed by atoms with E-state index in [4.69, 9.17) is 14.5 Å². The standard InChI is InChI=1S/C27H35N3O4S/c1-5-14-30(6-2)16-17-34-24-12-9-21(18-25(24)33-4)29(3)15-13-23-26(19-31)35-27(28-23)20-7-10-22(32)11-8-20/h7-12,18-19,32H,5-6,13-17H2,1-4H3. The number of aromatic nitrogens is 1. The number of aromatic hydroxyl groups is 1. The van der Waals surface area contributed by atoms with Crippen molar-refractivity contribution in [1.82, 2.24) is 9.88 Å². The van der Waals surface area contributed by atoms with Gasteiger partial charge in [0.1, 0.15) is 17.4 Å². The van der Waals surface area contributed by atoms with E-state index >= 15 is 0 Å². The zero-order chi connectivity index (χ0) is 25.2. The van der Waals surface area contributed by atoms with Crippen LogP contribution in [0.3, 0.4) is 0 Å². The average Bonchev–Trinajstić information content (AvgIpc) is 3.30. The van der Waals surface area contributed by atoms with Gasteiger partial charge in [0.15, 0.2) is 17.8 Å². The summed E-state index contributed by atoms with van der Waals surface area (Å²) in [6, 6.07) is 12.8. The molecule has 2 aromatic carbocycles. The lowest BCUT2D eigenvalue weighted by atomic mass is 10.2. The predicted octanol–water partition coefficient (Wildman–Crippen LogP) is 5.13. The fourth-order valence-corrected chi connectivity index (χ4v) is 4.74. The van der Waals surface area contributed by atoms with Gasteiger partial charge >= 0.3 is 0 Å². The highest BCUT2D eigenvalue weighted by Crippen LogP contribution is 2.32. The monoisotopic (exact) mass is 497 g/mol. The largest absolute Gasteiger partial charge is 0.508 e. The van der Waals surface area contributed by atoms with E-state index in [-0.39, 0.29) is 5.75 Å². The maximum absolute atomic E-state index is 11.6. The number of carbonyl (C=O) groups is 1. The Kier molecular flexibility index (Phi) is 9.93. The summed E-state index contributed by atoms with van der Waals surface area (Å²) in [5.41, 5.74) is 2.66. The number of benzene rings is 2. The average molecular weight is 498 g/mol. The topological polar surface area (TPSA) is 75.1 Å². The Balaban J connectivity index is 1.63. The molecule has 0 radical (unpaired) electrons. The summed E-state index contributed by atoms with van der Waals surface area (Å²) >= 11 is 1.37. The summed E-state index contributed by atoms with van der Waals surface area (Å²) in [5.74, 6) is 1.64. The Morgan fingerprint density at radius 3 is 2.49 bits per heavy atom. The number of anilines is 1. The number of methoxy groups -OCH3 is 1. The SMILES string of the molecule is CCCN(CC)CCOc1ccc(N(C)CCc2nc(-c3ccc(O)cc3)sc2C=O)cc1OC. The molecular formula is C27H35N3O4S. The van der Waals surface area contributed by atoms with Crippen LogP contribution in [0.4, 0.5) is 5.69 Å². The lowest BCUT2D eigenvalue weighted by Gasteiger charge is -2.22. The van der Waals surface area contributed by atoms with Crippen LogP contribution < -0.4 is 14.4 Å². The molecule has 0 aliphatic heterocycles. The number of aldehydes is 1. The Hall–Kier alpha value is -3.10. The van der Waals surface area contributed by atoms with E-state index in [1.807, 2.05) is 25.2 Å². The zero-order valence-electron chi connectivity index (χ0n) is 21.0. The van der Waals surface area contributed by atoms with Gasteiger partial charge in [0.2, 0.25) is 0 Å². The number of ether oxygens (including phenoxy) is 2. The molecule has 3 rings (SSSR count). The molecule has 0 unspecified atom stereocenters. The summed E-state index contributed by atoms with van der Waals surface area (Å²) in [6.45, 7) is 8.62. The first-order valence-corrected chi connectivity index (χ1v) is 12.8. The lowest BCUT2D eigenvalue weighted by molar-refractivity contribution is 0.112. The van der Waals surface area contributed by atoms with E-state index in [9.17, 15) is 9.90 Å². The number of likely N-dealkylation sites (N-methyl/N-ethyl adjacent to an activating group) is 2. The van der Waals surface area contributed by atoms with Crippen LogP contribution in [0.15, 0.2) is 42.5 Å². The Morgan fingerprint density at radius 1 is 1.06 bits per heavy atom. The van der Waals surface area contributed by atoms with Gasteiger partial charge in [-0.15, -0.1) is 11.3 Å². The third kappa shape index (κ3) is 7.19. The van der Waals surface area contributed by atoms with Crippen molar-refractivity contribution < 1.29 is 19.4 Å². The van der Waals surface area contributed by atoms with Crippen molar-refractivity contribution in [3.05, 3.63) is 53.0 Å². The van der Waals surface area contributed by atoms with Crippen LogP contribution in [0.2, 0.25) is 0 Å². The number of rotatable bonds is 14. The van der Waals surface area contributed by atoms with Crippen molar-refractivity contribution in [1.29, 1.82) is 0 Å². The van der Waals surface area contributed by atoms with Crippen molar-refractivity contribution in [3.63, 3.8) is 0 Å². The van der Waals surface area contributed by atoms with Gasteiger partial charge in [-0.05, 0) is 55.9 Å². The third-order valence-electron chi connectivity index (χ3n) is 5.87. The van der Waals surface area contributed by atoms with Crippen molar-refractivity contribution in [2.45, 2.75) is 26.7 Å². The molecule has 0 saturated carbocycles. The van der Waals surface area contributed by atoms with Gasteiger partial charge < -0.3 is 24.4 Å². The minimum atomic E-state index is 0.203. The van der Waals surface area contributed by atoms with Gasteiger partial charge in [-0.25, -0.2) is 4.98 Å². The number of hydrogen-bond donors (Lipinski definition) is 1. The molecule has 0 bridgehead atoms. The zero-order valence-corrected chi connectivity index (χ0v) is 21.8. The van der Waals surface area contributed by atoms with Crippen LogP contribution in [0.1, 0.15) is 35.6 Å². The van der Waals surface area contributed by atoms with Crippen molar-refractivity contribution in [3.8, 4) is 27.8 Å². The molecular weight excluding hydrogens is 462 g/mol. The summed E-state index contributed by atoms with van der Waals surface area (Å²) in [7, 11) is 3.66. The first-order valence-electron chi connectivity index (χ1n) is 12.0. The smallest absolute Gasteiger partial charge is 0.162 e. The number of hydrogen-bond acceptors (Lipinski definition) is 8. The fraction of sp³-hybridized carbons (Fsp3) is 0.407. The van der Waals surface area contributed by atoms with Gasteiger partial charge in [0.05, 0.1) is 17.7 Å². The van der Waals surface area contributed by atoms with Gasteiger partial charge in [-0.2, -0.15) is 0 Å². The molecule has 0 saturated heterocycles. The molecule has 1 heterocycles.